The second kappa shape index (κ2) is 6.72. The van der Waals surface area contributed by atoms with E-state index in [1.54, 1.807) is 26.8 Å². The van der Waals surface area contributed by atoms with Crippen LogP contribution in [0.1, 0.15) is 20.8 Å². The Hall–Kier alpha value is -0.590. The first-order chi connectivity index (χ1) is 8.72. The molecule has 6 heteroatoms. The van der Waals surface area contributed by atoms with Crippen molar-refractivity contribution in [1.82, 2.24) is 5.32 Å². The molecule has 0 saturated heterocycles. The van der Waals surface area contributed by atoms with Crippen molar-refractivity contribution < 1.29 is 14.6 Å². The van der Waals surface area contributed by atoms with E-state index in [4.69, 9.17) is 4.74 Å². The molecule has 106 valence electrons. The minimum atomic E-state index is -0.683. The zero-order chi connectivity index (χ0) is 14.6. The predicted octanol–water partition coefficient (Wildman–Crippen LogP) is 2.87. The average molecular weight is 395 g/mol. The van der Waals surface area contributed by atoms with Crippen LogP contribution in [-0.2, 0) is 4.79 Å². The molecule has 0 bridgehead atoms. The highest BCUT2D eigenvalue weighted by atomic mass is 79.9. The number of hydrogen-bond donors (Lipinski definition) is 2. The normalized spacial score (nSPS) is 12.9. The Labute approximate surface area is 129 Å². The van der Waals surface area contributed by atoms with Gasteiger partial charge in [0.25, 0.3) is 5.91 Å². The smallest absolute Gasteiger partial charge is 0.258 e. The van der Waals surface area contributed by atoms with Crippen LogP contribution in [0.2, 0.25) is 0 Å². The quantitative estimate of drug-likeness (QED) is 0.807. The number of carbonyl (C=O) groups is 1. The van der Waals surface area contributed by atoms with E-state index in [9.17, 15) is 9.90 Å². The Balaban J connectivity index is 2.55. The number of benzene rings is 1. The minimum Gasteiger partial charge on any atom is -0.483 e. The molecule has 0 heterocycles. The molecule has 1 rings (SSSR count). The van der Waals surface area contributed by atoms with Gasteiger partial charge in [-0.2, -0.15) is 0 Å². The molecule has 0 spiro atoms. The Kier molecular flexibility index (Phi) is 5.82. The number of carbonyl (C=O) groups excluding carboxylic acids is 1. The topological polar surface area (TPSA) is 58.6 Å². The fraction of sp³-hybridized carbons (Fsp3) is 0.462. The van der Waals surface area contributed by atoms with Crippen molar-refractivity contribution in [3.05, 3.63) is 27.1 Å². The Morgan fingerprint density at radius 1 is 1.47 bits per heavy atom. The van der Waals surface area contributed by atoms with E-state index in [0.717, 1.165) is 8.95 Å². The fourth-order valence-corrected chi connectivity index (χ4v) is 2.40. The molecule has 1 unspecified atom stereocenters. The molecule has 0 saturated carbocycles. The van der Waals surface area contributed by atoms with E-state index in [1.165, 1.54) is 0 Å². The molecule has 19 heavy (non-hydrogen) atoms. The van der Waals surface area contributed by atoms with Gasteiger partial charge in [0.15, 0.2) is 6.61 Å². The van der Waals surface area contributed by atoms with Gasteiger partial charge in [-0.15, -0.1) is 0 Å². The molecule has 1 aromatic carbocycles. The number of rotatable bonds is 5. The highest BCUT2D eigenvalue weighted by Crippen LogP contribution is 2.28. The van der Waals surface area contributed by atoms with Crippen LogP contribution in [0.3, 0.4) is 0 Å². The predicted molar refractivity (Wildman–Crippen MR) is 81.2 cm³/mol. The van der Waals surface area contributed by atoms with E-state index >= 15 is 0 Å². The average Bonchev–Trinajstić information content (AvgIpc) is 2.27. The van der Waals surface area contributed by atoms with Gasteiger partial charge >= 0.3 is 0 Å². The summed E-state index contributed by atoms with van der Waals surface area (Å²) >= 11 is 6.69. The number of aliphatic hydroxyl groups excluding tert-OH is 1. The van der Waals surface area contributed by atoms with Gasteiger partial charge in [-0.05, 0) is 54.9 Å². The molecular formula is C13H17Br2NO3. The molecule has 0 aromatic heterocycles. The van der Waals surface area contributed by atoms with Crippen LogP contribution in [0.5, 0.6) is 5.75 Å². The van der Waals surface area contributed by atoms with Crippen molar-refractivity contribution >= 4 is 37.8 Å². The largest absolute Gasteiger partial charge is 0.483 e. The molecule has 0 fully saturated rings. The van der Waals surface area contributed by atoms with Gasteiger partial charge in [0.05, 0.1) is 16.1 Å². The summed E-state index contributed by atoms with van der Waals surface area (Å²) in [6.45, 7) is 5.04. The molecule has 4 nitrogen and oxygen atoms in total. The summed E-state index contributed by atoms with van der Waals surface area (Å²) in [6, 6.07) is 5.44. The molecule has 1 atom stereocenters. The van der Waals surface area contributed by atoms with Crippen molar-refractivity contribution in [1.29, 1.82) is 0 Å². The molecule has 2 N–H and O–H groups in total. The third-order valence-corrected chi connectivity index (χ3v) is 3.87. The lowest BCUT2D eigenvalue weighted by atomic mass is 9.99. The lowest BCUT2D eigenvalue weighted by Gasteiger charge is -2.29. The highest BCUT2D eigenvalue weighted by molar-refractivity contribution is 9.11. The summed E-state index contributed by atoms with van der Waals surface area (Å²) in [5.41, 5.74) is -0.683. The second-order valence-electron chi connectivity index (χ2n) is 4.81. The van der Waals surface area contributed by atoms with Gasteiger partial charge in [-0.3, -0.25) is 4.79 Å². The molecule has 0 radical (unpaired) electrons. The van der Waals surface area contributed by atoms with Crippen LogP contribution >= 0.6 is 31.9 Å². The van der Waals surface area contributed by atoms with Gasteiger partial charge in [-0.25, -0.2) is 0 Å². The third-order valence-electron chi connectivity index (χ3n) is 2.76. The summed E-state index contributed by atoms with van der Waals surface area (Å²) < 4.78 is 7.11. The first-order valence-electron chi connectivity index (χ1n) is 5.79. The molecule has 1 aromatic rings. The number of halogens is 2. The van der Waals surface area contributed by atoms with Gasteiger partial charge in [0.1, 0.15) is 5.75 Å². The molecule has 0 aliphatic heterocycles. The standard InChI is InChI=1S/C13H17Br2NO3/c1-8(17)13(2,3)16-12(18)7-19-11-5-4-9(14)6-10(11)15/h4-6,8,17H,7H2,1-3H3,(H,16,18). The highest BCUT2D eigenvalue weighted by Gasteiger charge is 2.26. The van der Waals surface area contributed by atoms with E-state index in [1.807, 2.05) is 12.1 Å². The number of ether oxygens (including phenoxy) is 1. The van der Waals surface area contributed by atoms with Crippen molar-refractivity contribution in [2.75, 3.05) is 6.61 Å². The summed E-state index contributed by atoms with van der Waals surface area (Å²) in [5.74, 6) is 0.314. The number of hydrogen-bond acceptors (Lipinski definition) is 3. The molecule has 1 amide bonds. The maximum absolute atomic E-state index is 11.7. The molecule has 0 aliphatic rings. The van der Waals surface area contributed by atoms with E-state index < -0.39 is 11.6 Å². The minimum absolute atomic E-state index is 0.101. The lowest BCUT2D eigenvalue weighted by Crippen LogP contribution is -2.52. The maximum atomic E-state index is 11.7. The first kappa shape index (κ1) is 16.5. The Bertz CT molecular complexity index is 461. The van der Waals surface area contributed by atoms with Crippen molar-refractivity contribution in [3.8, 4) is 5.75 Å². The van der Waals surface area contributed by atoms with Crippen LogP contribution in [-0.4, -0.2) is 29.3 Å². The molecule has 0 aliphatic carbocycles. The number of nitrogens with one attached hydrogen (secondary N) is 1. The summed E-state index contributed by atoms with van der Waals surface area (Å²) in [4.78, 5) is 11.7. The van der Waals surface area contributed by atoms with Crippen LogP contribution in [0.15, 0.2) is 27.1 Å². The zero-order valence-electron chi connectivity index (χ0n) is 11.0. The van der Waals surface area contributed by atoms with Gasteiger partial charge in [-0.1, -0.05) is 15.9 Å². The van der Waals surface area contributed by atoms with E-state index in [2.05, 4.69) is 37.2 Å². The first-order valence-corrected chi connectivity index (χ1v) is 7.38. The zero-order valence-corrected chi connectivity index (χ0v) is 14.2. The van der Waals surface area contributed by atoms with E-state index in [-0.39, 0.29) is 12.5 Å². The van der Waals surface area contributed by atoms with Crippen molar-refractivity contribution in [2.24, 2.45) is 0 Å². The monoisotopic (exact) mass is 393 g/mol. The van der Waals surface area contributed by atoms with Crippen LogP contribution in [0.25, 0.3) is 0 Å². The summed E-state index contributed by atoms with van der Waals surface area (Å²) in [7, 11) is 0. The fourth-order valence-electron chi connectivity index (χ4n) is 1.24. The van der Waals surface area contributed by atoms with Crippen molar-refractivity contribution in [2.45, 2.75) is 32.4 Å². The second-order valence-corrected chi connectivity index (χ2v) is 6.58. The van der Waals surface area contributed by atoms with Gasteiger partial charge in [0, 0.05) is 4.47 Å². The van der Waals surface area contributed by atoms with Crippen LogP contribution in [0.4, 0.5) is 0 Å². The van der Waals surface area contributed by atoms with Gasteiger partial charge in [0.2, 0.25) is 0 Å². The van der Waals surface area contributed by atoms with E-state index in [0.29, 0.717) is 5.75 Å². The van der Waals surface area contributed by atoms with Crippen LogP contribution < -0.4 is 10.1 Å². The SMILES string of the molecule is CC(O)C(C)(C)NC(=O)COc1ccc(Br)cc1Br. The maximum Gasteiger partial charge on any atom is 0.258 e. The molecular weight excluding hydrogens is 378 g/mol. The third kappa shape index (κ3) is 5.12. The Morgan fingerprint density at radius 2 is 2.11 bits per heavy atom. The summed E-state index contributed by atoms with van der Waals surface area (Å²) in [6.07, 6.45) is -0.643. The van der Waals surface area contributed by atoms with Crippen molar-refractivity contribution in [3.63, 3.8) is 0 Å². The summed E-state index contributed by atoms with van der Waals surface area (Å²) in [5, 5.41) is 12.2. The number of aliphatic hydroxyl groups is 1. The lowest BCUT2D eigenvalue weighted by molar-refractivity contribution is -0.126. The number of amides is 1. The Morgan fingerprint density at radius 3 is 2.63 bits per heavy atom. The van der Waals surface area contributed by atoms with Gasteiger partial charge < -0.3 is 15.2 Å². The van der Waals surface area contributed by atoms with Crippen LogP contribution in [0, 0.1) is 0 Å².